The first-order valence-corrected chi connectivity index (χ1v) is 12.3. The summed E-state index contributed by atoms with van der Waals surface area (Å²) in [7, 11) is 0. The summed E-state index contributed by atoms with van der Waals surface area (Å²) in [5.41, 5.74) is 5.31. The normalized spacial score (nSPS) is 13.4. The summed E-state index contributed by atoms with van der Waals surface area (Å²) in [5, 5.41) is 12.1. The van der Waals surface area contributed by atoms with Gasteiger partial charge in [-0.2, -0.15) is 0 Å². The van der Waals surface area contributed by atoms with Crippen molar-refractivity contribution >= 4 is 12.1 Å². The van der Waals surface area contributed by atoms with Gasteiger partial charge in [0.2, 0.25) is 0 Å². The molecule has 0 unspecified atom stereocenters. The number of alkyl carbamates (subject to hydrolysis) is 1. The maximum Gasteiger partial charge on any atom is 0.407 e. The zero-order chi connectivity index (χ0) is 25.7. The minimum Gasteiger partial charge on any atom is -0.488 e. The van der Waals surface area contributed by atoms with Crippen molar-refractivity contribution in [2.45, 2.75) is 57.6 Å². The lowest BCUT2D eigenvalue weighted by atomic mass is 9.98. The lowest BCUT2D eigenvalue weighted by molar-refractivity contribution is -0.137. The Hall–Kier alpha value is -3.80. The Morgan fingerprint density at radius 1 is 0.917 bits per heavy atom. The van der Waals surface area contributed by atoms with E-state index in [0.717, 1.165) is 22.4 Å². The van der Waals surface area contributed by atoms with E-state index in [0.29, 0.717) is 12.8 Å². The molecular weight excluding hydrogens is 454 g/mol. The molecule has 0 saturated carbocycles. The highest BCUT2D eigenvalue weighted by molar-refractivity contribution is 5.79. The van der Waals surface area contributed by atoms with Crippen LogP contribution in [0.4, 0.5) is 4.79 Å². The van der Waals surface area contributed by atoms with E-state index in [9.17, 15) is 14.7 Å². The predicted molar refractivity (Wildman–Crippen MR) is 139 cm³/mol. The zero-order valence-corrected chi connectivity index (χ0v) is 21.0. The fourth-order valence-electron chi connectivity index (χ4n) is 4.66. The van der Waals surface area contributed by atoms with E-state index in [1.807, 2.05) is 69.3 Å². The van der Waals surface area contributed by atoms with E-state index in [2.05, 4.69) is 29.6 Å². The maximum absolute atomic E-state index is 12.8. The van der Waals surface area contributed by atoms with Gasteiger partial charge in [0.05, 0.1) is 0 Å². The average Bonchev–Trinajstić information content (AvgIpc) is 3.15. The molecule has 0 saturated heterocycles. The van der Waals surface area contributed by atoms with Crippen LogP contribution in [0.15, 0.2) is 72.8 Å². The number of hydrogen-bond acceptors (Lipinski definition) is 4. The Kier molecular flexibility index (Phi) is 7.63. The Balaban J connectivity index is 1.39. The van der Waals surface area contributed by atoms with Crippen molar-refractivity contribution < 1.29 is 24.2 Å². The predicted octanol–water partition coefficient (Wildman–Crippen LogP) is 6.18. The standard InChI is InChI=1S/C30H33NO5/c1-30(2,3)36-22-15-12-20(13-16-22)18-21(14-17-28(32)33)31-29(34)35-19-27-25-10-6-4-8-23(25)24-9-5-7-11-26(24)27/h4-13,15-16,21,27H,14,17-19H2,1-3H3,(H,31,34)(H,32,33)/t21-/m0/s1. The number of carbonyl (C=O) groups excluding carboxylic acids is 1. The summed E-state index contributed by atoms with van der Waals surface area (Å²) in [5.74, 6) is -0.169. The summed E-state index contributed by atoms with van der Waals surface area (Å²) >= 11 is 0. The number of rotatable bonds is 9. The molecule has 3 aromatic rings. The molecule has 2 N–H and O–H groups in total. The van der Waals surface area contributed by atoms with Crippen LogP contribution in [0.1, 0.15) is 56.2 Å². The van der Waals surface area contributed by atoms with E-state index in [4.69, 9.17) is 9.47 Å². The van der Waals surface area contributed by atoms with Gasteiger partial charge in [-0.1, -0.05) is 60.7 Å². The zero-order valence-electron chi connectivity index (χ0n) is 21.0. The molecule has 36 heavy (non-hydrogen) atoms. The summed E-state index contributed by atoms with van der Waals surface area (Å²) < 4.78 is 11.5. The van der Waals surface area contributed by atoms with E-state index >= 15 is 0 Å². The Morgan fingerprint density at radius 2 is 1.50 bits per heavy atom. The van der Waals surface area contributed by atoms with E-state index in [1.165, 1.54) is 11.1 Å². The SMILES string of the molecule is CC(C)(C)Oc1ccc(C[C@H](CCC(=O)O)NC(=O)OCC2c3ccccc3-c3ccccc32)cc1. The fourth-order valence-corrected chi connectivity index (χ4v) is 4.66. The van der Waals surface area contributed by atoms with Crippen LogP contribution in [0.25, 0.3) is 11.1 Å². The molecule has 0 radical (unpaired) electrons. The molecule has 6 heteroatoms. The number of carboxylic acids is 1. The van der Waals surface area contributed by atoms with Gasteiger partial charge in [-0.05, 0) is 73.6 Å². The second-order valence-electron chi connectivity index (χ2n) is 10.2. The first-order valence-electron chi connectivity index (χ1n) is 12.3. The molecule has 188 valence electrons. The molecular formula is C30H33NO5. The van der Waals surface area contributed by atoms with Crippen LogP contribution < -0.4 is 10.1 Å². The molecule has 6 nitrogen and oxygen atoms in total. The molecule has 4 rings (SSSR count). The van der Waals surface area contributed by atoms with Crippen molar-refractivity contribution in [3.05, 3.63) is 89.5 Å². The molecule has 0 aliphatic heterocycles. The van der Waals surface area contributed by atoms with Gasteiger partial charge in [0.15, 0.2) is 0 Å². The Morgan fingerprint density at radius 3 is 2.06 bits per heavy atom. The summed E-state index contributed by atoms with van der Waals surface area (Å²) in [6.07, 6.45) is 0.215. The van der Waals surface area contributed by atoms with Gasteiger partial charge < -0.3 is 19.9 Å². The van der Waals surface area contributed by atoms with E-state index < -0.39 is 12.1 Å². The molecule has 0 fully saturated rings. The molecule has 1 amide bonds. The Bertz CT molecular complexity index is 1170. The van der Waals surface area contributed by atoms with Gasteiger partial charge in [-0.3, -0.25) is 4.79 Å². The van der Waals surface area contributed by atoms with Crippen LogP contribution >= 0.6 is 0 Å². The minimum absolute atomic E-state index is 0.0315. The number of fused-ring (bicyclic) bond motifs is 3. The molecule has 0 heterocycles. The van der Waals surface area contributed by atoms with Crippen LogP contribution in [0, 0.1) is 0 Å². The van der Waals surface area contributed by atoms with Gasteiger partial charge in [0, 0.05) is 18.4 Å². The lowest BCUT2D eigenvalue weighted by Gasteiger charge is -2.22. The van der Waals surface area contributed by atoms with Crippen molar-refractivity contribution in [2.75, 3.05) is 6.61 Å². The van der Waals surface area contributed by atoms with Crippen LogP contribution in [0.2, 0.25) is 0 Å². The quantitative estimate of drug-likeness (QED) is 0.377. The van der Waals surface area contributed by atoms with Gasteiger partial charge in [-0.15, -0.1) is 0 Å². The third kappa shape index (κ3) is 6.45. The smallest absolute Gasteiger partial charge is 0.407 e. The number of carbonyl (C=O) groups is 2. The largest absolute Gasteiger partial charge is 0.488 e. The van der Waals surface area contributed by atoms with Crippen LogP contribution in [-0.4, -0.2) is 35.4 Å². The number of hydrogen-bond donors (Lipinski definition) is 2. The molecule has 3 aromatic carbocycles. The van der Waals surface area contributed by atoms with Gasteiger partial charge in [0.25, 0.3) is 0 Å². The number of carboxylic acid groups (broad SMARTS) is 1. The van der Waals surface area contributed by atoms with E-state index in [-0.39, 0.29) is 30.6 Å². The van der Waals surface area contributed by atoms with Crippen LogP contribution in [0.5, 0.6) is 5.75 Å². The molecule has 1 aliphatic carbocycles. The van der Waals surface area contributed by atoms with E-state index in [1.54, 1.807) is 0 Å². The number of nitrogens with one attached hydrogen (secondary N) is 1. The van der Waals surface area contributed by atoms with Crippen molar-refractivity contribution in [3.8, 4) is 16.9 Å². The van der Waals surface area contributed by atoms with Crippen molar-refractivity contribution in [1.29, 1.82) is 0 Å². The Labute approximate surface area is 212 Å². The van der Waals surface area contributed by atoms with Gasteiger partial charge in [-0.25, -0.2) is 4.79 Å². The first kappa shape index (κ1) is 25.3. The van der Waals surface area contributed by atoms with Crippen molar-refractivity contribution in [2.24, 2.45) is 0 Å². The minimum atomic E-state index is -0.900. The molecule has 0 aromatic heterocycles. The van der Waals surface area contributed by atoms with Crippen LogP contribution in [0.3, 0.4) is 0 Å². The number of benzene rings is 3. The number of amides is 1. The number of ether oxygens (including phenoxy) is 2. The number of aliphatic carboxylic acids is 1. The summed E-state index contributed by atoms with van der Waals surface area (Å²) in [4.78, 5) is 24.0. The highest BCUT2D eigenvalue weighted by Crippen LogP contribution is 2.44. The highest BCUT2D eigenvalue weighted by Gasteiger charge is 2.29. The second-order valence-corrected chi connectivity index (χ2v) is 10.2. The molecule has 1 aliphatic rings. The second kappa shape index (κ2) is 10.9. The van der Waals surface area contributed by atoms with Crippen LogP contribution in [-0.2, 0) is 16.0 Å². The fraction of sp³-hybridized carbons (Fsp3) is 0.333. The summed E-state index contributed by atoms with van der Waals surface area (Å²) in [6.45, 7) is 6.17. The summed E-state index contributed by atoms with van der Waals surface area (Å²) in [6, 6.07) is 23.6. The van der Waals surface area contributed by atoms with Crippen molar-refractivity contribution in [3.63, 3.8) is 0 Å². The lowest BCUT2D eigenvalue weighted by Crippen LogP contribution is -2.37. The monoisotopic (exact) mass is 487 g/mol. The third-order valence-corrected chi connectivity index (χ3v) is 6.20. The first-order chi connectivity index (χ1) is 17.2. The third-order valence-electron chi connectivity index (χ3n) is 6.20. The maximum atomic E-state index is 12.8. The van der Waals surface area contributed by atoms with Crippen molar-refractivity contribution in [1.82, 2.24) is 5.32 Å². The van der Waals surface area contributed by atoms with Gasteiger partial charge >= 0.3 is 12.1 Å². The molecule has 1 atom stereocenters. The topological polar surface area (TPSA) is 84.9 Å². The highest BCUT2D eigenvalue weighted by atomic mass is 16.5. The van der Waals surface area contributed by atoms with Gasteiger partial charge in [0.1, 0.15) is 18.0 Å². The average molecular weight is 488 g/mol. The molecule has 0 spiro atoms. The molecule has 0 bridgehead atoms.